The maximum absolute atomic E-state index is 11.9. The number of likely N-dealkylation sites (tertiary alicyclic amines) is 1. The van der Waals surface area contributed by atoms with Crippen LogP contribution in [0, 0.1) is 5.92 Å². The number of aryl methyl sites for hydroxylation is 1. The summed E-state index contributed by atoms with van der Waals surface area (Å²) < 4.78 is 2.25. The third kappa shape index (κ3) is 4.40. The molecule has 3 rings (SSSR count). The van der Waals surface area contributed by atoms with Gasteiger partial charge < -0.3 is 9.47 Å². The van der Waals surface area contributed by atoms with Gasteiger partial charge in [0, 0.05) is 29.2 Å². The molecule has 1 aromatic carbocycles. The molecule has 1 saturated heterocycles. The van der Waals surface area contributed by atoms with E-state index < -0.39 is 0 Å². The molecule has 0 spiro atoms. The number of aromatic nitrogens is 1. The number of ketones is 1. The minimum absolute atomic E-state index is 0.151. The van der Waals surface area contributed by atoms with Crippen molar-refractivity contribution < 1.29 is 4.79 Å². The molecular formula is C22H30N2O. The smallest absolute Gasteiger partial charge is 0.161 e. The van der Waals surface area contributed by atoms with Gasteiger partial charge in [0.2, 0.25) is 0 Å². The lowest BCUT2D eigenvalue weighted by Gasteiger charge is -2.31. The van der Waals surface area contributed by atoms with E-state index in [-0.39, 0.29) is 5.78 Å². The van der Waals surface area contributed by atoms with Crippen molar-refractivity contribution >= 4 is 16.7 Å². The highest BCUT2D eigenvalue weighted by atomic mass is 16.1. The topological polar surface area (TPSA) is 25.2 Å². The van der Waals surface area contributed by atoms with Crippen LogP contribution in [0.3, 0.4) is 0 Å². The van der Waals surface area contributed by atoms with Crippen LogP contribution in [0.2, 0.25) is 0 Å². The van der Waals surface area contributed by atoms with E-state index in [4.69, 9.17) is 0 Å². The molecule has 3 heteroatoms. The molecule has 1 aliphatic rings. The van der Waals surface area contributed by atoms with Crippen molar-refractivity contribution in [3.8, 4) is 0 Å². The Morgan fingerprint density at radius 3 is 2.68 bits per heavy atom. The van der Waals surface area contributed by atoms with E-state index in [0.29, 0.717) is 0 Å². The molecule has 0 unspecified atom stereocenters. The molecule has 1 aromatic heterocycles. The molecule has 0 N–H and O–H groups in total. The monoisotopic (exact) mass is 338 g/mol. The van der Waals surface area contributed by atoms with Gasteiger partial charge in [-0.15, -0.1) is 0 Å². The summed E-state index contributed by atoms with van der Waals surface area (Å²) in [6.07, 6.45) is 11.5. The van der Waals surface area contributed by atoms with Crippen molar-refractivity contribution in [1.29, 1.82) is 0 Å². The van der Waals surface area contributed by atoms with Gasteiger partial charge in [0.05, 0.1) is 0 Å². The van der Waals surface area contributed by atoms with Gasteiger partial charge in [-0.1, -0.05) is 30.4 Å². The molecule has 2 aromatic rings. The van der Waals surface area contributed by atoms with Gasteiger partial charge in [0.25, 0.3) is 0 Å². The molecule has 0 amide bonds. The number of benzene rings is 1. The number of Topliss-reactive ketones (excluding diaryl/α,β-unsaturated/α-hetero) is 1. The Morgan fingerprint density at radius 1 is 1.20 bits per heavy atom. The van der Waals surface area contributed by atoms with Crippen LogP contribution in [0.4, 0.5) is 0 Å². The predicted molar refractivity (Wildman–Crippen MR) is 105 cm³/mol. The van der Waals surface area contributed by atoms with E-state index >= 15 is 0 Å². The van der Waals surface area contributed by atoms with E-state index in [0.717, 1.165) is 36.4 Å². The minimum atomic E-state index is 0.151. The average molecular weight is 338 g/mol. The summed E-state index contributed by atoms with van der Waals surface area (Å²) in [5.74, 6) is 1.03. The number of hydrogen-bond donors (Lipinski definition) is 0. The highest BCUT2D eigenvalue weighted by Gasteiger charge is 2.18. The Balaban J connectivity index is 1.53. The summed E-state index contributed by atoms with van der Waals surface area (Å²) in [6.45, 7) is 8.35. The van der Waals surface area contributed by atoms with E-state index in [1.54, 1.807) is 6.92 Å². The molecule has 0 atom stereocenters. The summed E-state index contributed by atoms with van der Waals surface area (Å²) in [6, 6.07) is 8.24. The lowest BCUT2D eigenvalue weighted by Crippen LogP contribution is -2.34. The number of carbonyl (C=O) groups excluding carboxylic acids is 1. The van der Waals surface area contributed by atoms with Crippen LogP contribution in [0.1, 0.15) is 49.9 Å². The van der Waals surface area contributed by atoms with Gasteiger partial charge in [-0.2, -0.15) is 0 Å². The van der Waals surface area contributed by atoms with Crippen molar-refractivity contribution in [3.63, 3.8) is 0 Å². The van der Waals surface area contributed by atoms with Gasteiger partial charge in [0.15, 0.2) is 5.78 Å². The molecular weight excluding hydrogens is 308 g/mol. The molecule has 1 fully saturated rings. The Hall–Kier alpha value is -1.87. The zero-order chi connectivity index (χ0) is 17.6. The Labute approximate surface area is 151 Å². The maximum atomic E-state index is 11.9. The van der Waals surface area contributed by atoms with Crippen LogP contribution < -0.4 is 0 Å². The van der Waals surface area contributed by atoms with Crippen molar-refractivity contribution in [2.24, 2.45) is 5.92 Å². The number of para-hydroxylation sites is 1. The fraction of sp³-hybridized carbons (Fsp3) is 0.500. The van der Waals surface area contributed by atoms with E-state index in [1.165, 1.54) is 37.9 Å². The van der Waals surface area contributed by atoms with Crippen LogP contribution in [0.25, 0.3) is 10.9 Å². The quantitative estimate of drug-likeness (QED) is 0.529. The van der Waals surface area contributed by atoms with Crippen LogP contribution in [0.5, 0.6) is 0 Å². The summed E-state index contributed by atoms with van der Waals surface area (Å²) in [4.78, 5) is 14.5. The summed E-state index contributed by atoms with van der Waals surface area (Å²) in [5.41, 5.74) is 2.03. The Kier molecular flexibility index (Phi) is 6.09. The van der Waals surface area contributed by atoms with Crippen LogP contribution >= 0.6 is 0 Å². The Morgan fingerprint density at radius 2 is 1.96 bits per heavy atom. The first kappa shape index (κ1) is 17.9. The van der Waals surface area contributed by atoms with Crippen LogP contribution in [0.15, 0.2) is 42.6 Å². The van der Waals surface area contributed by atoms with Gasteiger partial charge in [-0.3, -0.25) is 4.79 Å². The minimum Gasteiger partial charge on any atom is -0.347 e. The molecule has 2 heterocycles. The zero-order valence-corrected chi connectivity index (χ0v) is 15.6. The normalized spacial score (nSPS) is 16.9. The number of hydrogen-bond acceptors (Lipinski definition) is 2. The average Bonchev–Trinajstić information content (AvgIpc) is 3.00. The van der Waals surface area contributed by atoms with Crippen molar-refractivity contribution in [3.05, 3.63) is 48.2 Å². The molecule has 0 aliphatic carbocycles. The molecule has 134 valence electrons. The first-order valence-electron chi connectivity index (χ1n) is 9.61. The number of piperidine rings is 1. The maximum Gasteiger partial charge on any atom is 0.161 e. The van der Waals surface area contributed by atoms with E-state index in [2.05, 4.69) is 46.7 Å². The van der Waals surface area contributed by atoms with Gasteiger partial charge in [-0.25, -0.2) is 0 Å². The van der Waals surface area contributed by atoms with Crippen LogP contribution in [-0.4, -0.2) is 34.9 Å². The second-order valence-corrected chi connectivity index (χ2v) is 7.25. The third-order valence-electron chi connectivity index (χ3n) is 5.45. The number of allylic oxidation sites excluding steroid dienone is 2. The van der Waals surface area contributed by atoms with Gasteiger partial charge in [0.1, 0.15) is 0 Å². The Bertz CT molecular complexity index is 736. The van der Waals surface area contributed by atoms with Gasteiger partial charge >= 0.3 is 0 Å². The van der Waals surface area contributed by atoms with Crippen LogP contribution in [-0.2, 0) is 6.54 Å². The first-order chi connectivity index (χ1) is 12.2. The van der Waals surface area contributed by atoms with Crippen molar-refractivity contribution in [2.45, 2.75) is 46.1 Å². The highest BCUT2D eigenvalue weighted by molar-refractivity contribution is 6.06. The van der Waals surface area contributed by atoms with Crippen molar-refractivity contribution in [1.82, 2.24) is 9.47 Å². The summed E-state index contributed by atoms with van der Waals surface area (Å²) >= 11 is 0. The summed E-state index contributed by atoms with van der Waals surface area (Å²) in [5, 5.41) is 1.08. The number of carbonyl (C=O) groups is 1. The molecule has 0 saturated carbocycles. The highest BCUT2D eigenvalue weighted by Crippen LogP contribution is 2.23. The van der Waals surface area contributed by atoms with Crippen molar-refractivity contribution in [2.75, 3.05) is 19.6 Å². The number of fused-ring (bicyclic) bond motifs is 1. The largest absolute Gasteiger partial charge is 0.347 e. The zero-order valence-electron chi connectivity index (χ0n) is 15.6. The number of rotatable bonds is 7. The molecule has 0 bridgehead atoms. The lowest BCUT2D eigenvalue weighted by atomic mass is 9.93. The third-order valence-corrected chi connectivity index (χ3v) is 5.45. The van der Waals surface area contributed by atoms with E-state index in [9.17, 15) is 4.79 Å². The molecule has 1 aliphatic heterocycles. The fourth-order valence-electron chi connectivity index (χ4n) is 3.95. The standard InChI is InChI=1S/C22H30N2O/c1-3-4-8-19-11-15-23(16-12-19)13-7-14-24-17-21(18(2)25)20-9-5-6-10-22(20)24/h3-6,9-10,17,19H,7-8,11-16H2,1-2H3/b4-3+. The molecule has 3 nitrogen and oxygen atoms in total. The predicted octanol–water partition coefficient (Wildman–Crippen LogP) is 4.91. The first-order valence-corrected chi connectivity index (χ1v) is 9.61. The number of nitrogens with zero attached hydrogens (tertiary/aromatic N) is 2. The second kappa shape index (κ2) is 8.48. The summed E-state index contributed by atoms with van der Waals surface area (Å²) in [7, 11) is 0. The second-order valence-electron chi connectivity index (χ2n) is 7.25. The molecule has 0 radical (unpaired) electrons. The molecule has 25 heavy (non-hydrogen) atoms. The van der Waals surface area contributed by atoms with Gasteiger partial charge in [-0.05, 0) is 71.1 Å². The SMILES string of the molecule is C/C=C/CC1CCN(CCCn2cc(C(C)=O)c3ccccc32)CC1. The lowest BCUT2D eigenvalue weighted by molar-refractivity contribution is 0.101. The van der Waals surface area contributed by atoms with E-state index in [1.807, 2.05) is 12.3 Å². The fourth-order valence-corrected chi connectivity index (χ4v) is 3.95.